The maximum Gasteiger partial charge on any atom is 0.387 e. The Morgan fingerprint density at radius 3 is 2.32 bits per heavy atom. The van der Waals surface area contributed by atoms with E-state index in [0.717, 1.165) is 0 Å². The molecule has 3 aromatic rings. The number of amides is 2. The number of carbonyl (C=O) groups excluding carboxylic acids is 2. The molecule has 2 N–H and O–H groups in total. The Morgan fingerprint density at radius 1 is 0.971 bits per heavy atom. The highest BCUT2D eigenvalue weighted by molar-refractivity contribution is 5.94. The molecule has 2 amide bonds. The summed E-state index contributed by atoms with van der Waals surface area (Å²) in [6, 6.07) is 16.3. The van der Waals surface area contributed by atoms with Gasteiger partial charge in [0.25, 0.3) is 5.91 Å². The highest BCUT2D eigenvalue weighted by atomic mass is 19.3. The zero-order valence-corrected chi connectivity index (χ0v) is 18.3. The Balaban J connectivity index is 1.58. The van der Waals surface area contributed by atoms with Crippen LogP contribution in [0.5, 0.6) is 11.5 Å². The maximum atomic E-state index is 12.9. The van der Waals surface area contributed by atoms with Crippen LogP contribution in [0.2, 0.25) is 0 Å². The second kappa shape index (κ2) is 11.7. The average molecular weight is 472 g/mol. The monoisotopic (exact) mass is 472 g/mol. The topological polar surface area (TPSA) is 76.7 Å². The molecule has 178 valence electrons. The van der Waals surface area contributed by atoms with Crippen LogP contribution in [0.15, 0.2) is 66.7 Å². The molecule has 0 heterocycles. The summed E-state index contributed by atoms with van der Waals surface area (Å²) in [5.41, 5.74) is 1.72. The van der Waals surface area contributed by atoms with E-state index in [2.05, 4.69) is 15.4 Å². The number of anilines is 1. The molecule has 0 bridgehead atoms. The third-order valence-electron chi connectivity index (χ3n) is 4.85. The standard InChI is InChI=1S/C25H23F3N2O4/c1-33-20-11-6-16(7-12-20)21-15-19(10-13-22(21)34-25(27)28)30-23(31)3-2-14-29-24(32)17-4-8-18(26)9-5-17/h4-13,15,25H,2-3,14H2,1H3,(H,29,32)(H,30,31). The van der Waals surface area contributed by atoms with Crippen molar-refractivity contribution in [1.82, 2.24) is 5.32 Å². The molecule has 0 aliphatic carbocycles. The fourth-order valence-corrected chi connectivity index (χ4v) is 3.18. The third-order valence-corrected chi connectivity index (χ3v) is 4.85. The first kappa shape index (κ1) is 24.6. The molecule has 0 aliphatic rings. The van der Waals surface area contributed by atoms with Gasteiger partial charge in [0.1, 0.15) is 17.3 Å². The van der Waals surface area contributed by atoms with Gasteiger partial charge >= 0.3 is 6.61 Å². The lowest BCUT2D eigenvalue weighted by molar-refractivity contribution is -0.116. The van der Waals surface area contributed by atoms with E-state index in [9.17, 15) is 22.8 Å². The van der Waals surface area contributed by atoms with Crippen LogP contribution in [0.3, 0.4) is 0 Å². The van der Waals surface area contributed by atoms with Crippen molar-refractivity contribution >= 4 is 17.5 Å². The summed E-state index contributed by atoms with van der Waals surface area (Å²) in [5, 5.41) is 5.38. The second-order valence-corrected chi connectivity index (χ2v) is 7.23. The van der Waals surface area contributed by atoms with Gasteiger partial charge in [-0.15, -0.1) is 0 Å². The Kier molecular flexibility index (Phi) is 8.50. The van der Waals surface area contributed by atoms with Gasteiger partial charge in [-0.2, -0.15) is 8.78 Å². The van der Waals surface area contributed by atoms with Crippen LogP contribution in [0.1, 0.15) is 23.2 Å². The number of hydrogen-bond acceptors (Lipinski definition) is 4. The number of methoxy groups -OCH3 is 1. The molecule has 3 aromatic carbocycles. The van der Waals surface area contributed by atoms with Crippen molar-refractivity contribution in [3.63, 3.8) is 0 Å². The molecular weight excluding hydrogens is 449 g/mol. The predicted molar refractivity (Wildman–Crippen MR) is 122 cm³/mol. The molecule has 0 fully saturated rings. The number of alkyl halides is 2. The summed E-state index contributed by atoms with van der Waals surface area (Å²) >= 11 is 0. The van der Waals surface area contributed by atoms with Gasteiger partial charge in [0, 0.05) is 29.8 Å². The molecule has 0 saturated carbocycles. The predicted octanol–water partition coefficient (Wildman–Crippen LogP) is 5.25. The van der Waals surface area contributed by atoms with Crippen LogP contribution in [-0.4, -0.2) is 32.1 Å². The first-order valence-corrected chi connectivity index (χ1v) is 10.4. The van der Waals surface area contributed by atoms with Crippen molar-refractivity contribution in [3.8, 4) is 22.6 Å². The van der Waals surface area contributed by atoms with Crippen molar-refractivity contribution in [1.29, 1.82) is 0 Å². The van der Waals surface area contributed by atoms with E-state index >= 15 is 0 Å². The number of hydrogen-bond donors (Lipinski definition) is 2. The van der Waals surface area contributed by atoms with E-state index in [1.54, 1.807) is 30.3 Å². The van der Waals surface area contributed by atoms with Gasteiger partial charge in [0.15, 0.2) is 0 Å². The van der Waals surface area contributed by atoms with Crippen LogP contribution in [0, 0.1) is 5.82 Å². The van der Waals surface area contributed by atoms with E-state index in [4.69, 9.17) is 4.74 Å². The Hall–Kier alpha value is -4.01. The number of carbonyl (C=O) groups is 2. The molecule has 0 aliphatic heterocycles. The van der Waals surface area contributed by atoms with Gasteiger partial charge in [0.05, 0.1) is 7.11 Å². The lowest BCUT2D eigenvalue weighted by Gasteiger charge is -2.14. The molecular formula is C25H23F3N2O4. The zero-order valence-electron chi connectivity index (χ0n) is 18.3. The number of ether oxygens (including phenoxy) is 2. The molecule has 0 aromatic heterocycles. The minimum atomic E-state index is -3.00. The van der Waals surface area contributed by atoms with E-state index < -0.39 is 12.4 Å². The number of benzene rings is 3. The summed E-state index contributed by atoms with van der Waals surface area (Å²) in [6.07, 6.45) is 0.494. The van der Waals surface area contributed by atoms with Crippen molar-refractivity contribution in [2.24, 2.45) is 0 Å². The second-order valence-electron chi connectivity index (χ2n) is 7.23. The van der Waals surface area contributed by atoms with Crippen molar-refractivity contribution in [2.75, 3.05) is 19.0 Å². The van der Waals surface area contributed by atoms with Crippen LogP contribution in [-0.2, 0) is 4.79 Å². The molecule has 0 spiro atoms. The quantitative estimate of drug-likeness (QED) is 0.395. The van der Waals surface area contributed by atoms with Gasteiger partial charge in [0.2, 0.25) is 5.91 Å². The van der Waals surface area contributed by atoms with E-state index in [1.807, 2.05) is 0 Å². The fourth-order valence-electron chi connectivity index (χ4n) is 3.18. The molecule has 6 nitrogen and oxygen atoms in total. The average Bonchev–Trinajstić information content (AvgIpc) is 2.83. The molecule has 0 atom stereocenters. The summed E-state index contributed by atoms with van der Waals surface area (Å²) in [6.45, 7) is -2.75. The smallest absolute Gasteiger partial charge is 0.387 e. The largest absolute Gasteiger partial charge is 0.497 e. The highest BCUT2D eigenvalue weighted by Crippen LogP contribution is 2.34. The zero-order chi connectivity index (χ0) is 24.5. The van der Waals surface area contributed by atoms with Crippen LogP contribution in [0.25, 0.3) is 11.1 Å². The highest BCUT2D eigenvalue weighted by Gasteiger charge is 2.14. The van der Waals surface area contributed by atoms with Gasteiger partial charge in [-0.3, -0.25) is 9.59 Å². The maximum absolute atomic E-state index is 12.9. The number of rotatable bonds is 10. The third kappa shape index (κ3) is 6.99. The molecule has 34 heavy (non-hydrogen) atoms. The van der Waals surface area contributed by atoms with Gasteiger partial charge in [-0.25, -0.2) is 4.39 Å². The molecule has 0 radical (unpaired) electrons. The van der Waals surface area contributed by atoms with Crippen molar-refractivity contribution in [3.05, 3.63) is 78.1 Å². The molecule has 0 saturated heterocycles. The first-order valence-electron chi connectivity index (χ1n) is 10.4. The van der Waals surface area contributed by atoms with Gasteiger partial charge in [-0.1, -0.05) is 12.1 Å². The minimum absolute atomic E-state index is 0.0262. The van der Waals surface area contributed by atoms with E-state index in [-0.39, 0.29) is 30.5 Å². The van der Waals surface area contributed by atoms with Crippen molar-refractivity contribution in [2.45, 2.75) is 19.5 Å². The van der Waals surface area contributed by atoms with E-state index in [0.29, 0.717) is 34.5 Å². The summed E-state index contributed by atoms with van der Waals surface area (Å²) in [5.74, 6) is -0.520. The Labute approximate surface area is 194 Å². The molecule has 3 rings (SSSR count). The normalized spacial score (nSPS) is 10.6. The minimum Gasteiger partial charge on any atom is -0.497 e. The van der Waals surface area contributed by atoms with E-state index in [1.165, 1.54) is 43.5 Å². The first-order chi connectivity index (χ1) is 16.4. The number of halogens is 3. The van der Waals surface area contributed by atoms with Crippen LogP contribution < -0.4 is 20.1 Å². The van der Waals surface area contributed by atoms with Crippen LogP contribution >= 0.6 is 0 Å². The van der Waals surface area contributed by atoms with Crippen LogP contribution in [0.4, 0.5) is 18.9 Å². The fraction of sp³-hybridized carbons (Fsp3) is 0.200. The van der Waals surface area contributed by atoms with Gasteiger partial charge in [-0.05, 0) is 66.6 Å². The summed E-state index contributed by atoms with van der Waals surface area (Å²) in [4.78, 5) is 24.3. The summed E-state index contributed by atoms with van der Waals surface area (Å²) in [7, 11) is 1.52. The van der Waals surface area contributed by atoms with Crippen molar-refractivity contribution < 1.29 is 32.2 Å². The van der Waals surface area contributed by atoms with Gasteiger partial charge < -0.3 is 20.1 Å². The number of nitrogens with one attached hydrogen (secondary N) is 2. The Morgan fingerprint density at radius 2 is 1.68 bits per heavy atom. The Bertz CT molecular complexity index is 1120. The summed E-state index contributed by atoms with van der Waals surface area (Å²) < 4.78 is 48.4. The SMILES string of the molecule is COc1ccc(-c2cc(NC(=O)CCCNC(=O)c3ccc(F)cc3)ccc2OC(F)F)cc1. The molecule has 0 unspecified atom stereocenters. The lowest BCUT2D eigenvalue weighted by Crippen LogP contribution is -2.25. The lowest BCUT2D eigenvalue weighted by atomic mass is 10.0. The molecule has 9 heteroatoms.